The Kier molecular flexibility index (Phi) is 6.48. The van der Waals surface area contributed by atoms with E-state index in [9.17, 15) is 19.7 Å². The van der Waals surface area contributed by atoms with Gasteiger partial charge in [-0.1, -0.05) is 29.8 Å². The number of esters is 1. The number of anilines is 1. The maximum Gasteiger partial charge on any atom is 0.341 e. The van der Waals surface area contributed by atoms with Gasteiger partial charge in [0.2, 0.25) is 0 Å². The van der Waals surface area contributed by atoms with E-state index in [1.54, 1.807) is 14.1 Å². The predicted molar refractivity (Wildman–Crippen MR) is 101 cm³/mol. The molecule has 2 aromatic rings. The van der Waals surface area contributed by atoms with Crippen molar-refractivity contribution in [2.24, 2.45) is 0 Å². The van der Waals surface area contributed by atoms with Gasteiger partial charge in [-0.3, -0.25) is 14.9 Å². The Morgan fingerprint density at radius 1 is 1.19 bits per heavy atom. The van der Waals surface area contributed by atoms with Crippen molar-refractivity contribution in [2.45, 2.75) is 13.5 Å². The van der Waals surface area contributed by atoms with E-state index in [1.807, 2.05) is 31.2 Å². The molecular weight excluding hydrogens is 350 g/mol. The molecule has 1 amide bonds. The Bertz CT molecular complexity index is 849. The summed E-state index contributed by atoms with van der Waals surface area (Å²) in [4.78, 5) is 36.2. The number of hydrogen-bond acceptors (Lipinski definition) is 6. The fourth-order valence-electron chi connectivity index (χ4n) is 2.40. The van der Waals surface area contributed by atoms with Crippen LogP contribution in [0.5, 0.6) is 0 Å². The number of aryl methyl sites for hydroxylation is 1. The predicted octanol–water partition coefficient (Wildman–Crippen LogP) is 2.76. The molecule has 8 nitrogen and oxygen atoms in total. The lowest BCUT2D eigenvalue weighted by atomic mass is 10.1. The molecule has 0 aromatic heterocycles. The van der Waals surface area contributed by atoms with E-state index < -0.39 is 17.5 Å². The number of carbonyl (C=O) groups excluding carboxylic acids is 2. The standard InChI is InChI=1S/C19H21N3O5/c1-13-4-6-14(7-5-13)11-21(3)18(23)12-27-19(24)16-10-15(22(25)26)8-9-17(16)20-2/h4-10,20H,11-12H2,1-3H3. The van der Waals surface area contributed by atoms with Gasteiger partial charge in [0.05, 0.1) is 10.5 Å². The zero-order valence-corrected chi connectivity index (χ0v) is 15.4. The molecule has 0 saturated carbocycles. The number of non-ortho nitro benzene ring substituents is 1. The number of hydrogen-bond donors (Lipinski definition) is 1. The highest BCUT2D eigenvalue weighted by molar-refractivity contribution is 5.97. The Morgan fingerprint density at radius 3 is 2.44 bits per heavy atom. The van der Waals surface area contributed by atoms with Gasteiger partial charge in [-0.15, -0.1) is 0 Å². The molecule has 0 aliphatic heterocycles. The number of rotatable bonds is 7. The Hall–Kier alpha value is -3.42. The Labute approximate surface area is 156 Å². The quantitative estimate of drug-likeness (QED) is 0.456. The van der Waals surface area contributed by atoms with E-state index >= 15 is 0 Å². The first-order chi connectivity index (χ1) is 12.8. The summed E-state index contributed by atoms with van der Waals surface area (Å²) in [5.41, 5.74) is 2.23. The monoisotopic (exact) mass is 371 g/mol. The van der Waals surface area contributed by atoms with Gasteiger partial charge in [-0.25, -0.2) is 4.79 Å². The first-order valence-corrected chi connectivity index (χ1v) is 8.24. The highest BCUT2D eigenvalue weighted by Gasteiger charge is 2.19. The van der Waals surface area contributed by atoms with Crippen molar-refractivity contribution in [1.29, 1.82) is 0 Å². The summed E-state index contributed by atoms with van der Waals surface area (Å²) in [6.45, 7) is 1.91. The van der Waals surface area contributed by atoms with E-state index in [-0.39, 0.29) is 17.2 Å². The minimum Gasteiger partial charge on any atom is -0.452 e. The Balaban J connectivity index is 1.99. The summed E-state index contributed by atoms with van der Waals surface area (Å²) >= 11 is 0. The maximum absolute atomic E-state index is 12.3. The van der Waals surface area contributed by atoms with Gasteiger partial charge in [0, 0.05) is 38.5 Å². The van der Waals surface area contributed by atoms with E-state index in [1.165, 1.54) is 17.0 Å². The van der Waals surface area contributed by atoms with Crippen LogP contribution in [-0.4, -0.2) is 42.4 Å². The molecule has 0 radical (unpaired) electrons. The van der Waals surface area contributed by atoms with Crippen LogP contribution < -0.4 is 5.32 Å². The highest BCUT2D eigenvalue weighted by Crippen LogP contribution is 2.22. The number of likely N-dealkylation sites (N-methyl/N-ethyl adjacent to an activating group) is 1. The van der Waals surface area contributed by atoms with Crippen LogP contribution in [0.25, 0.3) is 0 Å². The summed E-state index contributed by atoms with van der Waals surface area (Å²) in [6.07, 6.45) is 0. The zero-order chi connectivity index (χ0) is 20.0. The molecule has 8 heteroatoms. The van der Waals surface area contributed by atoms with Crippen LogP contribution in [-0.2, 0) is 16.1 Å². The summed E-state index contributed by atoms with van der Waals surface area (Å²) < 4.78 is 5.05. The van der Waals surface area contributed by atoms with Crippen LogP contribution in [0.1, 0.15) is 21.5 Å². The van der Waals surface area contributed by atoms with E-state index in [0.717, 1.165) is 17.2 Å². The van der Waals surface area contributed by atoms with Crippen LogP contribution in [0.3, 0.4) is 0 Å². The minimum atomic E-state index is -0.805. The number of amides is 1. The molecule has 0 atom stereocenters. The van der Waals surface area contributed by atoms with E-state index in [0.29, 0.717) is 12.2 Å². The van der Waals surface area contributed by atoms with Crippen molar-refractivity contribution in [3.05, 3.63) is 69.3 Å². The van der Waals surface area contributed by atoms with E-state index in [4.69, 9.17) is 4.74 Å². The molecule has 0 bridgehead atoms. The fourth-order valence-corrected chi connectivity index (χ4v) is 2.40. The van der Waals surface area contributed by atoms with Crippen molar-refractivity contribution in [2.75, 3.05) is 26.0 Å². The first kappa shape index (κ1) is 19.9. The van der Waals surface area contributed by atoms with Crippen LogP contribution in [0.2, 0.25) is 0 Å². The third kappa shape index (κ3) is 5.27. The number of nitrogens with zero attached hydrogens (tertiary/aromatic N) is 2. The average Bonchev–Trinajstić information content (AvgIpc) is 2.66. The molecular formula is C19H21N3O5. The van der Waals surface area contributed by atoms with Crippen LogP contribution >= 0.6 is 0 Å². The molecule has 0 unspecified atom stereocenters. The third-order valence-corrected chi connectivity index (χ3v) is 4.00. The summed E-state index contributed by atoms with van der Waals surface area (Å²) in [6, 6.07) is 11.6. The molecule has 0 aliphatic carbocycles. The summed E-state index contributed by atoms with van der Waals surface area (Å²) in [7, 11) is 3.20. The SMILES string of the molecule is CNc1ccc([N+](=O)[O-])cc1C(=O)OCC(=O)N(C)Cc1ccc(C)cc1. The normalized spacial score (nSPS) is 10.2. The van der Waals surface area contributed by atoms with Crippen molar-refractivity contribution in [3.8, 4) is 0 Å². The number of nitrogens with one attached hydrogen (secondary N) is 1. The van der Waals surface area contributed by atoms with Gasteiger partial charge in [0.1, 0.15) is 0 Å². The van der Waals surface area contributed by atoms with Gasteiger partial charge in [-0.05, 0) is 18.6 Å². The van der Waals surface area contributed by atoms with Crippen LogP contribution in [0, 0.1) is 17.0 Å². The molecule has 0 heterocycles. The second-order valence-corrected chi connectivity index (χ2v) is 6.05. The molecule has 142 valence electrons. The number of nitro benzene ring substituents is 1. The number of benzene rings is 2. The molecule has 1 N–H and O–H groups in total. The van der Waals surface area contributed by atoms with Gasteiger partial charge in [-0.2, -0.15) is 0 Å². The van der Waals surface area contributed by atoms with Crippen LogP contribution in [0.15, 0.2) is 42.5 Å². The van der Waals surface area contributed by atoms with Gasteiger partial charge in [0.25, 0.3) is 11.6 Å². The lowest BCUT2D eigenvalue weighted by Gasteiger charge is -2.17. The molecule has 2 aromatic carbocycles. The summed E-state index contributed by atoms with van der Waals surface area (Å²) in [5.74, 6) is -1.18. The molecule has 0 fully saturated rings. The van der Waals surface area contributed by atoms with Crippen molar-refractivity contribution in [1.82, 2.24) is 4.90 Å². The molecule has 27 heavy (non-hydrogen) atoms. The zero-order valence-electron chi connectivity index (χ0n) is 15.4. The molecule has 0 saturated heterocycles. The lowest BCUT2D eigenvalue weighted by Crippen LogP contribution is -2.30. The summed E-state index contributed by atoms with van der Waals surface area (Å²) in [5, 5.41) is 13.7. The average molecular weight is 371 g/mol. The molecule has 2 rings (SSSR count). The lowest BCUT2D eigenvalue weighted by molar-refractivity contribution is -0.384. The second kappa shape index (κ2) is 8.79. The second-order valence-electron chi connectivity index (χ2n) is 6.05. The topological polar surface area (TPSA) is 102 Å². The highest BCUT2D eigenvalue weighted by atomic mass is 16.6. The molecule has 0 spiro atoms. The third-order valence-electron chi connectivity index (χ3n) is 4.00. The smallest absolute Gasteiger partial charge is 0.341 e. The van der Waals surface area contributed by atoms with Crippen molar-refractivity contribution in [3.63, 3.8) is 0 Å². The number of nitro groups is 1. The largest absolute Gasteiger partial charge is 0.452 e. The van der Waals surface area contributed by atoms with Gasteiger partial charge in [0.15, 0.2) is 6.61 Å². The first-order valence-electron chi connectivity index (χ1n) is 8.24. The maximum atomic E-state index is 12.3. The minimum absolute atomic E-state index is 0.000637. The number of ether oxygens (including phenoxy) is 1. The van der Waals surface area contributed by atoms with Crippen molar-refractivity contribution >= 4 is 23.3 Å². The van der Waals surface area contributed by atoms with Crippen molar-refractivity contribution < 1.29 is 19.2 Å². The fraction of sp³-hybridized carbons (Fsp3) is 0.263. The Morgan fingerprint density at radius 2 is 1.85 bits per heavy atom. The number of carbonyl (C=O) groups is 2. The van der Waals surface area contributed by atoms with Gasteiger partial charge >= 0.3 is 5.97 Å². The molecule has 0 aliphatic rings. The van der Waals surface area contributed by atoms with Crippen LogP contribution in [0.4, 0.5) is 11.4 Å². The van der Waals surface area contributed by atoms with Gasteiger partial charge < -0.3 is 15.0 Å². The van der Waals surface area contributed by atoms with E-state index in [2.05, 4.69) is 5.32 Å².